The predicted molar refractivity (Wildman–Crippen MR) is 69.0 cm³/mol. The minimum absolute atomic E-state index is 0.448. The Bertz CT molecular complexity index is 528. The first-order valence-electron chi connectivity index (χ1n) is 5.97. The van der Waals surface area contributed by atoms with E-state index >= 15 is 0 Å². The van der Waals surface area contributed by atoms with Crippen LogP contribution in [0.5, 0.6) is 0 Å². The molecule has 0 spiro atoms. The molecular weight excluding hydrogens is 232 g/mol. The zero-order chi connectivity index (χ0) is 11.8. The maximum atomic E-state index is 5.82. The number of aromatic nitrogens is 3. The Balaban J connectivity index is 2.04. The molecule has 0 aromatic carbocycles. The molecule has 90 valence electrons. The van der Waals surface area contributed by atoms with Crippen molar-refractivity contribution in [3.05, 3.63) is 23.0 Å². The van der Waals surface area contributed by atoms with E-state index < -0.39 is 0 Å². The lowest BCUT2D eigenvalue weighted by Crippen LogP contribution is -2.17. The second kappa shape index (κ2) is 4.23. The fraction of sp³-hybridized carbons (Fsp3) is 0.500. The fourth-order valence-electron chi connectivity index (χ4n) is 2.40. The Labute approximate surface area is 105 Å². The average Bonchev–Trinajstić information content (AvgIpc) is 2.93. The van der Waals surface area contributed by atoms with Crippen molar-refractivity contribution in [2.75, 3.05) is 6.54 Å². The molecule has 0 radical (unpaired) electrons. The smallest absolute Gasteiger partial charge is 0.168 e. The first-order chi connectivity index (χ1) is 8.29. The monoisotopic (exact) mass is 248 g/mol. The number of nitrogens with two attached hydrogens (primary N) is 1. The van der Waals surface area contributed by atoms with Gasteiger partial charge in [-0.2, -0.15) is 0 Å². The normalized spacial score (nSPS) is 19.3. The molecule has 1 aliphatic rings. The highest BCUT2D eigenvalue weighted by molar-refractivity contribution is 7.15. The third-order valence-corrected chi connectivity index (χ3v) is 4.49. The van der Waals surface area contributed by atoms with Gasteiger partial charge in [0, 0.05) is 36.8 Å². The Kier molecular flexibility index (Phi) is 2.72. The molecule has 1 unspecified atom stereocenters. The van der Waals surface area contributed by atoms with Crippen LogP contribution in [-0.2, 0) is 13.5 Å². The van der Waals surface area contributed by atoms with Gasteiger partial charge in [-0.15, -0.1) is 11.3 Å². The van der Waals surface area contributed by atoms with E-state index in [0.717, 1.165) is 17.3 Å². The Morgan fingerprint density at radius 2 is 2.47 bits per heavy atom. The molecule has 2 N–H and O–H groups in total. The SMILES string of the molecule is Cn1ccnc1-c1nc2c(s1)CCCC2CN. The standard InChI is InChI=1S/C12H16N4S/c1-16-6-5-14-11(16)12-15-10-8(7-13)3-2-4-9(10)17-12/h5-6,8H,2-4,7,13H2,1H3. The summed E-state index contributed by atoms with van der Waals surface area (Å²) >= 11 is 1.78. The number of imidazole rings is 1. The second-order valence-corrected chi connectivity index (χ2v) is 5.60. The topological polar surface area (TPSA) is 56.7 Å². The van der Waals surface area contributed by atoms with Crippen molar-refractivity contribution in [3.8, 4) is 10.8 Å². The van der Waals surface area contributed by atoms with Crippen LogP contribution in [0.1, 0.15) is 29.3 Å². The van der Waals surface area contributed by atoms with Crippen molar-refractivity contribution in [2.45, 2.75) is 25.2 Å². The van der Waals surface area contributed by atoms with Gasteiger partial charge in [0.05, 0.1) is 5.69 Å². The molecule has 0 aliphatic heterocycles. The zero-order valence-electron chi connectivity index (χ0n) is 9.89. The van der Waals surface area contributed by atoms with Gasteiger partial charge >= 0.3 is 0 Å². The fourth-order valence-corrected chi connectivity index (χ4v) is 3.63. The van der Waals surface area contributed by atoms with Gasteiger partial charge in [0.15, 0.2) is 10.8 Å². The van der Waals surface area contributed by atoms with Crippen molar-refractivity contribution >= 4 is 11.3 Å². The molecular formula is C12H16N4S. The molecule has 0 saturated carbocycles. The Hall–Kier alpha value is -1.20. The predicted octanol–water partition coefficient (Wildman–Crippen LogP) is 1.92. The van der Waals surface area contributed by atoms with E-state index in [1.54, 1.807) is 11.3 Å². The first kappa shape index (κ1) is 10.9. The molecule has 2 aromatic heterocycles. The number of aryl methyl sites for hydroxylation is 2. The van der Waals surface area contributed by atoms with E-state index in [-0.39, 0.29) is 0 Å². The van der Waals surface area contributed by atoms with Gasteiger partial charge in [0.1, 0.15) is 0 Å². The lowest BCUT2D eigenvalue weighted by atomic mass is 9.91. The van der Waals surface area contributed by atoms with Gasteiger partial charge < -0.3 is 10.3 Å². The van der Waals surface area contributed by atoms with Gasteiger partial charge in [0.2, 0.25) is 0 Å². The summed E-state index contributed by atoms with van der Waals surface area (Å²) in [5.74, 6) is 1.41. The number of hydrogen-bond donors (Lipinski definition) is 1. The van der Waals surface area contributed by atoms with Gasteiger partial charge in [-0.3, -0.25) is 0 Å². The van der Waals surface area contributed by atoms with Crippen molar-refractivity contribution in [1.82, 2.24) is 14.5 Å². The second-order valence-electron chi connectivity index (χ2n) is 4.51. The molecule has 0 bridgehead atoms. The van der Waals surface area contributed by atoms with Crippen LogP contribution in [-0.4, -0.2) is 21.1 Å². The van der Waals surface area contributed by atoms with Crippen LogP contribution >= 0.6 is 11.3 Å². The molecule has 4 nitrogen and oxygen atoms in total. The quantitative estimate of drug-likeness (QED) is 0.883. The molecule has 2 aromatic rings. The lowest BCUT2D eigenvalue weighted by Gasteiger charge is -2.18. The number of thiazole rings is 1. The number of rotatable bonds is 2. The van der Waals surface area contributed by atoms with Crippen LogP contribution in [0.15, 0.2) is 12.4 Å². The molecule has 0 amide bonds. The van der Waals surface area contributed by atoms with Crippen molar-refractivity contribution in [3.63, 3.8) is 0 Å². The molecule has 1 aliphatic carbocycles. The molecule has 1 atom stereocenters. The Morgan fingerprint density at radius 3 is 3.18 bits per heavy atom. The van der Waals surface area contributed by atoms with E-state index in [2.05, 4.69) is 4.98 Å². The molecule has 2 heterocycles. The van der Waals surface area contributed by atoms with Gasteiger partial charge in [0.25, 0.3) is 0 Å². The average molecular weight is 248 g/mol. The van der Waals surface area contributed by atoms with E-state index in [9.17, 15) is 0 Å². The zero-order valence-corrected chi connectivity index (χ0v) is 10.7. The maximum absolute atomic E-state index is 5.82. The molecule has 3 rings (SSSR count). The number of nitrogens with zero attached hydrogens (tertiary/aromatic N) is 3. The van der Waals surface area contributed by atoms with Crippen molar-refractivity contribution < 1.29 is 0 Å². The lowest BCUT2D eigenvalue weighted by molar-refractivity contribution is 0.554. The summed E-state index contributed by atoms with van der Waals surface area (Å²) in [7, 11) is 2.00. The highest BCUT2D eigenvalue weighted by atomic mass is 32.1. The summed E-state index contributed by atoms with van der Waals surface area (Å²) in [4.78, 5) is 10.5. The summed E-state index contributed by atoms with van der Waals surface area (Å²) in [5.41, 5.74) is 7.04. The van der Waals surface area contributed by atoms with Crippen LogP contribution < -0.4 is 5.73 Å². The summed E-state index contributed by atoms with van der Waals surface area (Å²) in [6, 6.07) is 0. The number of fused-ring (bicyclic) bond motifs is 1. The third-order valence-electron chi connectivity index (χ3n) is 3.37. The van der Waals surface area contributed by atoms with E-state index in [1.807, 2.05) is 24.0 Å². The molecule has 0 saturated heterocycles. The maximum Gasteiger partial charge on any atom is 0.168 e. The van der Waals surface area contributed by atoms with Crippen LogP contribution in [0.25, 0.3) is 10.8 Å². The Morgan fingerprint density at radius 1 is 1.59 bits per heavy atom. The summed E-state index contributed by atoms with van der Waals surface area (Å²) in [6.07, 6.45) is 7.32. The van der Waals surface area contributed by atoms with E-state index in [1.165, 1.54) is 23.4 Å². The van der Waals surface area contributed by atoms with Gasteiger partial charge in [-0.1, -0.05) is 0 Å². The molecule has 17 heavy (non-hydrogen) atoms. The van der Waals surface area contributed by atoms with Crippen molar-refractivity contribution in [1.29, 1.82) is 0 Å². The minimum Gasteiger partial charge on any atom is -0.332 e. The van der Waals surface area contributed by atoms with E-state index in [0.29, 0.717) is 12.5 Å². The van der Waals surface area contributed by atoms with Crippen molar-refractivity contribution in [2.24, 2.45) is 12.8 Å². The largest absolute Gasteiger partial charge is 0.332 e. The summed E-state index contributed by atoms with van der Waals surface area (Å²) in [5, 5.41) is 1.03. The van der Waals surface area contributed by atoms with Gasteiger partial charge in [-0.25, -0.2) is 9.97 Å². The van der Waals surface area contributed by atoms with Crippen LogP contribution in [0, 0.1) is 0 Å². The van der Waals surface area contributed by atoms with E-state index in [4.69, 9.17) is 10.7 Å². The molecule has 5 heteroatoms. The first-order valence-corrected chi connectivity index (χ1v) is 6.78. The summed E-state index contributed by atoms with van der Waals surface area (Å²) in [6.45, 7) is 0.705. The summed E-state index contributed by atoms with van der Waals surface area (Å²) < 4.78 is 2.02. The third kappa shape index (κ3) is 1.79. The van der Waals surface area contributed by atoms with Crippen LogP contribution in [0.2, 0.25) is 0 Å². The highest BCUT2D eigenvalue weighted by Crippen LogP contribution is 2.37. The highest BCUT2D eigenvalue weighted by Gasteiger charge is 2.24. The van der Waals surface area contributed by atoms with Crippen LogP contribution in [0.4, 0.5) is 0 Å². The van der Waals surface area contributed by atoms with Gasteiger partial charge in [-0.05, 0) is 19.3 Å². The number of hydrogen-bond acceptors (Lipinski definition) is 4. The minimum atomic E-state index is 0.448. The molecule has 0 fully saturated rings. The van der Waals surface area contributed by atoms with Crippen LogP contribution in [0.3, 0.4) is 0 Å².